The molecular weight excluding hydrogens is 414 g/mol. The summed E-state index contributed by atoms with van der Waals surface area (Å²) >= 11 is 1.24. The van der Waals surface area contributed by atoms with Gasteiger partial charge in [0.1, 0.15) is 21.5 Å². The molecule has 5 aromatic rings. The Hall–Kier alpha value is -4.18. The van der Waals surface area contributed by atoms with Gasteiger partial charge in [-0.3, -0.25) is 25.1 Å². The SMILES string of the molecule is Cn1nccc1NN=c1c(=O)c(=O)c(=NNc2snc3ccccc23)c2ccccc12. The predicted molar refractivity (Wildman–Crippen MR) is 120 cm³/mol. The van der Waals surface area contributed by atoms with E-state index >= 15 is 0 Å². The van der Waals surface area contributed by atoms with Crippen molar-refractivity contribution in [2.45, 2.75) is 0 Å². The van der Waals surface area contributed by atoms with E-state index in [1.807, 2.05) is 24.3 Å². The van der Waals surface area contributed by atoms with Crippen LogP contribution in [-0.2, 0) is 7.05 Å². The number of hydrogen-bond acceptors (Lipinski definition) is 9. The predicted octanol–water partition coefficient (Wildman–Crippen LogP) is 1.63. The lowest BCUT2D eigenvalue weighted by molar-refractivity contribution is 0.770. The van der Waals surface area contributed by atoms with E-state index in [9.17, 15) is 9.59 Å². The fourth-order valence-electron chi connectivity index (χ4n) is 3.25. The molecule has 31 heavy (non-hydrogen) atoms. The van der Waals surface area contributed by atoms with Crippen molar-refractivity contribution in [2.24, 2.45) is 17.3 Å². The van der Waals surface area contributed by atoms with E-state index in [4.69, 9.17) is 0 Å². The van der Waals surface area contributed by atoms with Gasteiger partial charge >= 0.3 is 0 Å². The molecule has 0 aliphatic heterocycles. The van der Waals surface area contributed by atoms with Crippen molar-refractivity contribution in [1.29, 1.82) is 0 Å². The molecule has 152 valence electrons. The van der Waals surface area contributed by atoms with E-state index in [1.165, 1.54) is 11.5 Å². The van der Waals surface area contributed by atoms with Crippen LogP contribution in [0.1, 0.15) is 0 Å². The summed E-state index contributed by atoms with van der Waals surface area (Å²) in [5, 5.41) is 15.2. The number of anilines is 2. The Morgan fingerprint density at radius 3 is 2.10 bits per heavy atom. The molecule has 5 rings (SSSR count). The van der Waals surface area contributed by atoms with E-state index in [1.54, 1.807) is 48.3 Å². The summed E-state index contributed by atoms with van der Waals surface area (Å²) in [6.07, 6.45) is 1.60. The van der Waals surface area contributed by atoms with Crippen molar-refractivity contribution in [1.82, 2.24) is 14.2 Å². The molecule has 0 fully saturated rings. The van der Waals surface area contributed by atoms with Crippen LogP contribution in [0.15, 0.2) is 80.6 Å². The van der Waals surface area contributed by atoms with Gasteiger partial charge in [0.2, 0.25) is 0 Å². The minimum atomic E-state index is -0.733. The summed E-state index contributed by atoms with van der Waals surface area (Å²) in [5.41, 5.74) is 5.07. The van der Waals surface area contributed by atoms with Gasteiger partial charge in [-0.1, -0.05) is 36.4 Å². The maximum atomic E-state index is 12.9. The maximum absolute atomic E-state index is 12.9. The largest absolute Gasteiger partial charge is 0.283 e. The van der Waals surface area contributed by atoms with Gasteiger partial charge < -0.3 is 0 Å². The number of hydrogen-bond donors (Lipinski definition) is 2. The molecular formula is C21H15N7O2S. The smallest absolute Gasteiger partial charge is 0.256 e. The van der Waals surface area contributed by atoms with Gasteiger partial charge in [-0.15, -0.1) is 0 Å². The molecule has 0 unspecified atom stereocenters. The van der Waals surface area contributed by atoms with Crippen LogP contribution in [0.2, 0.25) is 0 Å². The summed E-state index contributed by atoms with van der Waals surface area (Å²) in [6, 6.07) is 16.4. The molecule has 0 bridgehead atoms. The Labute approximate surface area is 178 Å². The van der Waals surface area contributed by atoms with E-state index in [2.05, 4.69) is 30.5 Å². The van der Waals surface area contributed by atoms with Crippen LogP contribution >= 0.6 is 11.5 Å². The fraction of sp³-hybridized carbons (Fsp3) is 0.0476. The molecule has 0 saturated heterocycles. The number of benzene rings is 3. The average Bonchev–Trinajstić information content (AvgIpc) is 3.40. The highest BCUT2D eigenvalue weighted by atomic mass is 32.1. The second-order valence-electron chi connectivity index (χ2n) is 6.72. The molecule has 0 amide bonds. The van der Waals surface area contributed by atoms with Crippen molar-refractivity contribution in [3.05, 3.63) is 92.0 Å². The highest BCUT2D eigenvalue weighted by Gasteiger charge is 2.11. The van der Waals surface area contributed by atoms with Crippen molar-refractivity contribution in [3.8, 4) is 0 Å². The first-order valence-corrected chi connectivity index (χ1v) is 10.1. The summed E-state index contributed by atoms with van der Waals surface area (Å²) < 4.78 is 5.92. The Balaban J connectivity index is 1.67. The van der Waals surface area contributed by atoms with Gasteiger partial charge in [-0.2, -0.15) is 19.7 Å². The molecule has 2 N–H and O–H groups in total. The molecule has 2 aromatic heterocycles. The summed E-state index contributed by atoms with van der Waals surface area (Å²) in [5.74, 6) is 0.587. The van der Waals surface area contributed by atoms with E-state index in [-0.39, 0.29) is 10.7 Å². The Bertz CT molecular complexity index is 1660. The molecule has 0 aliphatic carbocycles. The quantitative estimate of drug-likeness (QED) is 0.332. The van der Waals surface area contributed by atoms with E-state index < -0.39 is 10.9 Å². The molecule has 3 aromatic carbocycles. The molecule has 0 atom stereocenters. The van der Waals surface area contributed by atoms with Crippen molar-refractivity contribution < 1.29 is 0 Å². The second-order valence-corrected chi connectivity index (χ2v) is 7.49. The summed E-state index contributed by atoms with van der Waals surface area (Å²) in [7, 11) is 1.74. The third-order valence-corrected chi connectivity index (χ3v) is 5.61. The monoisotopic (exact) mass is 429 g/mol. The van der Waals surface area contributed by atoms with Crippen LogP contribution in [0.5, 0.6) is 0 Å². The van der Waals surface area contributed by atoms with Crippen molar-refractivity contribution in [2.75, 3.05) is 10.9 Å². The highest BCUT2D eigenvalue weighted by Crippen LogP contribution is 2.26. The normalized spacial score (nSPS) is 12.7. The van der Waals surface area contributed by atoms with Crippen LogP contribution < -0.4 is 32.4 Å². The van der Waals surface area contributed by atoms with Gasteiger partial charge in [-0.25, -0.2) is 0 Å². The van der Waals surface area contributed by atoms with Gasteiger partial charge in [0.25, 0.3) is 10.9 Å². The van der Waals surface area contributed by atoms with Crippen LogP contribution in [0, 0.1) is 0 Å². The summed E-state index contributed by atoms with van der Waals surface area (Å²) in [6.45, 7) is 0. The Morgan fingerprint density at radius 2 is 1.45 bits per heavy atom. The van der Waals surface area contributed by atoms with Gasteiger partial charge in [0, 0.05) is 29.3 Å². The molecule has 0 saturated carbocycles. The minimum absolute atomic E-state index is 0.0315. The van der Waals surface area contributed by atoms with Crippen LogP contribution in [0.25, 0.3) is 21.7 Å². The molecule has 0 spiro atoms. The lowest BCUT2D eigenvalue weighted by Crippen LogP contribution is -2.48. The average molecular weight is 429 g/mol. The Morgan fingerprint density at radius 1 is 0.839 bits per heavy atom. The topological polar surface area (TPSA) is 114 Å². The van der Waals surface area contributed by atoms with Gasteiger partial charge in [0.15, 0.2) is 0 Å². The van der Waals surface area contributed by atoms with E-state index in [0.717, 1.165) is 10.9 Å². The van der Waals surface area contributed by atoms with Crippen LogP contribution in [0.3, 0.4) is 0 Å². The number of rotatable bonds is 4. The number of aromatic nitrogens is 3. The lowest BCUT2D eigenvalue weighted by atomic mass is 10.1. The van der Waals surface area contributed by atoms with Crippen molar-refractivity contribution in [3.63, 3.8) is 0 Å². The third-order valence-electron chi connectivity index (χ3n) is 4.83. The fourth-order valence-corrected chi connectivity index (χ4v) is 3.96. The van der Waals surface area contributed by atoms with Crippen LogP contribution in [0.4, 0.5) is 10.8 Å². The number of nitrogens with zero attached hydrogens (tertiary/aromatic N) is 5. The summed E-state index contributed by atoms with van der Waals surface area (Å²) in [4.78, 5) is 25.7. The number of aryl methyl sites for hydroxylation is 1. The first-order valence-electron chi connectivity index (χ1n) is 9.32. The van der Waals surface area contributed by atoms with Crippen molar-refractivity contribution >= 4 is 44.0 Å². The second kappa shape index (κ2) is 7.58. The zero-order valence-electron chi connectivity index (χ0n) is 16.2. The molecule has 10 heteroatoms. The molecule has 0 radical (unpaired) electrons. The number of fused-ring (bicyclic) bond motifs is 2. The first kappa shape index (κ1) is 18.8. The van der Waals surface area contributed by atoms with E-state index in [0.29, 0.717) is 21.6 Å². The van der Waals surface area contributed by atoms with Gasteiger partial charge in [0.05, 0.1) is 11.7 Å². The highest BCUT2D eigenvalue weighted by molar-refractivity contribution is 7.11. The zero-order chi connectivity index (χ0) is 21.4. The zero-order valence-corrected chi connectivity index (χ0v) is 17.1. The molecule has 0 aliphatic rings. The molecule has 9 nitrogen and oxygen atoms in total. The third kappa shape index (κ3) is 3.28. The molecule has 2 heterocycles. The first-order chi connectivity index (χ1) is 15.1. The number of nitrogens with one attached hydrogen (secondary N) is 2. The van der Waals surface area contributed by atoms with Gasteiger partial charge in [-0.05, 0) is 23.7 Å². The Kier molecular flexibility index (Phi) is 4.60. The lowest BCUT2D eigenvalue weighted by Gasteiger charge is -2.02. The van der Waals surface area contributed by atoms with Crippen LogP contribution in [-0.4, -0.2) is 14.2 Å². The standard InChI is InChI=1S/C21H15N7O2S/c1-28-16(10-11-22-28)23-24-17-12-6-2-3-7-13(12)18(20(30)19(17)29)25-26-21-14-8-4-5-9-15(14)27-31-21/h2-11,23,26H,1H3. The minimum Gasteiger partial charge on any atom is -0.283 e. The maximum Gasteiger partial charge on any atom is 0.256 e.